The minimum Gasteiger partial charge on any atom is -0.463 e. The third-order valence-corrected chi connectivity index (χ3v) is 2.03. The first-order valence-corrected chi connectivity index (χ1v) is 5.14. The second-order valence-electron chi connectivity index (χ2n) is 3.17. The van der Waals surface area contributed by atoms with Crippen molar-refractivity contribution < 1.29 is 9.53 Å². The second-order valence-corrected chi connectivity index (χ2v) is 3.17. The molecular weight excluding hydrogens is 200 g/mol. The summed E-state index contributed by atoms with van der Waals surface area (Å²) in [7, 11) is 0. The molecule has 16 heavy (non-hydrogen) atoms. The topological polar surface area (TPSA) is 26.3 Å². The normalized spacial score (nSPS) is 10.0. The molecule has 0 radical (unpaired) electrons. The van der Waals surface area contributed by atoms with Gasteiger partial charge in [-0.2, -0.15) is 0 Å². The molecule has 0 heterocycles. The molecule has 1 aromatic carbocycles. The summed E-state index contributed by atoms with van der Waals surface area (Å²) < 4.78 is 4.80. The SMILES string of the molecule is C#CCc1ccccc1/C=C/C(=O)OCC. The van der Waals surface area contributed by atoms with Crippen LogP contribution >= 0.6 is 0 Å². The van der Waals surface area contributed by atoms with Crippen molar-refractivity contribution >= 4 is 12.0 Å². The van der Waals surface area contributed by atoms with E-state index in [0.717, 1.165) is 11.1 Å². The van der Waals surface area contributed by atoms with Crippen molar-refractivity contribution in [3.8, 4) is 12.3 Å². The van der Waals surface area contributed by atoms with Crippen LogP contribution in [0, 0.1) is 12.3 Å². The molecule has 2 nitrogen and oxygen atoms in total. The van der Waals surface area contributed by atoms with Crippen molar-refractivity contribution in [1.29, 1.82) is 0 Å². The van der Waals surface area contributed by atoms with Gasteiger partial charge in [-0.25, -0.2) is 4.79 Å². The molecule has 0 aliphatic heterocycles. The Morgan fingerprint density at radius 1 is 1.50 bits per heavy atom. The molecule has 0 spiro atoms. The average molecular weight is 214 g/mol. The maximum absolute atomic E-state index is 11.1. The van der Waals surface area contributed by atoms with Crippen molar-refractivity contribution in [3.05, 3.63) is 41.5 Å². The molecular formula is C14H14O2. The molecule has 82 valence electrons. The molecule has 1 aromatic rings. The van der Waals surface area contributed by atoms with Crippen molar-refractivity contribution in [2.75, 3.05) is 6.61 Å². The molecule has 0 saturated heterocycles. The fraction of sp³-hybridized carbons (Fsp3) is 0.214. The highest BCUT2D eigenvalue weighted by molar-refractivity contribution is 5.87. The Labute approximate surface area is 95.9 Å². The lowest BCUT2D eigenvalue weighted by atomic mass is 10.0. The highest BCUT2D eigenvalue weighted by Gasteiger charge is 1.98. The number of carbonyl (C=O) groups excluding carboxylic acids is 1. The number of carbonyl (C=O) groups is 1. The molecule has 0 unspecified atom stereocenters. The van der Waals surface area contributed by atoms with Crippen LogP contribution in [-0.2, 0) is 16.0 Å². The Kier molecular flexibility index (Phi) is 4.88. The summed E-state index contributed by atoms with van der Waals surface area (Å²) in [5, 5.41) is 0. The molecule has 0 fully saturated rings. The minimum absolute atomic E-state index is 0.335. The number of hydrogen-bond acceptors (Lipinski definition) is 2. The van der Waals surface area contributed by atoms with Gasteiger partial charge in [-0.1, -0.05) is 24.3 Å². The quantitative estimate of drug-likeness (QED) is 0.437. The molecule has 0 bridgehead atoms. The van der Waals surface area contributed by atoms with E-state index in [9.17, 15) is 4.79 Å². The van der Waals surface area contributed by atoms with Gasteiger partial charge in [0.15, 0.2) is 0 Å². The van der Waals surface area contributed by atoms with Crippen molar-refractivity contribution in [3.63, 3.8) is 0 Å². The van der Waals surface area contributed by atoms with E-state index >= 15 is 0 Å². The van der Waals surface area contributed by atoms with Gasteiger partial charge >= 0.3 is 5.97 Å². The van der Waals surface area contributed by atoms with Crippen LogP contribution in [0.5, 0.6) is 0 Å². The average Bonchev–Trinajstić information content (AvgIpc) is 2.29. The summed E-state index contributed by atoms with van der Waals surface area (Å²) in [6.45, 7) is 2.16. The summed E-state index contributed by atoms with van der Waals surface area (Å²) in [4.78, 5) is 11.1. The van der Waals surface area contributed by atoms with Crippen LogP contribution in [0.25, 0.3) is 6.08 Å². The van der Waals surface area contributed by atoms with Crippen molar-refractivity contribution in [2.45, 2.75) is 13.3 Å². The van der Waals surface area contributed by atoms with E-state index in [1.54, 1.807) is 13.0 Å². The van der Waals surface area contributed by atoms with Crippen LogP contribution in [-0.4, -0.2) is 12.6 Å². The lowest BCUT2D eigenvalue weighted by molar-refractivity contribution is -0.137. The van der Waals surface area contributed by atoms with Crippen LogP contribution in [0.1, 0.15) is 18.1 Å². The van der Waals surface area contributed by atoms with Gasteiger partial charge in [0.05, 0.1) is 6.61 Å². The van der Waals surface area contributed by atoms with Gasteiger partial charge in [0, 0.05) is 12.5 Å². The van der Waals surface area contributed by atoms with E-state index in [-0.39, 0.29) is 5.97 Å². The number of esters is 1. The van der Waals surface area contributed by atoms with Crippen LogP contribution in [0.3, 0.4) is 0 Å². The molecule has 0 saturated carbocycles. The Morgan fingerprint density at radius 3 is 2.94 bits per heavy atom. The number of rotatable bonds is 4. The predicted octanol–water partition coefficient (Wildman–Crippen LogP) is 2.44. The first kappa shape index (κ1) is 12.1. The third kappa shape index (κ3) is 3.62. The summed E-state index contributed by atoms with van der Waals surface area (Å²) in [6, 6.07) is 7.70. The first-order valence-electron chi connectivity index (χ1n) is 5.14. The zero-order valence-electron chi connectivity index (χ0n) is 9.27. The summed E-state index contributed by atoms with van der Waals surface area (Å²) in [6.07, 6.45) is 8.97. The zero-order chi connectivity index (χ0) is 11.8. The minimum atomic E-state index is -0.335. The highest BCUT2D eigenvalue weighted by Crippen LogP contribution is 2.11. The number of ether oxygens (including phenoxy) is 1. The summed E-state index contributed by atoms with van der Waals surface area (Å²) >= 11 is 0. The Bertz CT molecular complexity index is 425. The largest absolute Gasteiger partial charge is 0.463 e. The molecule has 1 rings (SSSR count). The third-order valence-electron chi connectivity index (χ3n) is 2.03. The molecule has 0 aliphatic carbocycles. The molecule has 0 amide bonds. The second kappa shape index (κ2) is 6.47. The van der Waals surface area contributed by atoms with E-state index in [4.69, 9.17) is 11.2 Å². The number of terminal acetylenes is 1. The van der Waals surface area contributed by atoms with E-state index in [1.165, 1.54) is 6.08 Å². The monoisotopic (exact) mass is 214 g/mol. The van der Waals surface area contributed by atoms with Gasteiger partial charge < -0.3 is 4.74 Å². The van der Waals surface area contributed by atoms with Gasteiger partial charge in [-0.15, -0.1) is 12.3 Å². The van der Waals surface area contributed by atoms with E-state index in [2.05, 4.69) is 5.92 Å². The lowest BCUT2D eigenvalue weighted by Gasteiger charge is -2.01. The Hall–Kier alpha value is -2.01. The van der Waals surface area contributed by atoms with E-state index in [0.29, 0.717) is 13.0 Å². The summed E-state index contributed by atoms with van der Waals surface area (Å²) in [5.41, 5.74) is 1.99. The van der Waals surface area contributed by atoms with Gasteiger partial charge in [0.1, 0.15) is 0 Å². The molecule has 0 aliphatic rings. The van der Waals surface area contributed by atoms with Gasteiger partial charge in [-0.3, -0.25) is 0 Å². The molecule has 2 heteroatoms. The maximum atomic E-state index is 11.1. The fourth-order valence-corrected chi connectivity index (χ4v) is 1.32. The number of hydrogen-bond donors (Lipinski definition) is 0. The smallest absolute Gasteiger partial charge is 0.330 e. The Morgan fingerprint density at radius 2 is 2.25 bits per heavy atom. The first-order chi connectivity index (χ1) is 7.77. The number of benzene rings is 1. The fourth-order valence-electron chi connectivity index (χ4n) is 1.32. The maximum Gasteiger partial charge on any atom is 0.330 e. The molecule has 0 aromatic heterocycles. The molecule has 0 atom stereocenters. The van der Waals surface area contributed by atoms with Gasteiger partial charge in [0.2, 0.25) is 0 Å². The molecule has 0 N–H and O–H groups in total. The van der Waals surface area contributed by atoms with Crippen LogP contribution in [0.4, 0.5) is 0 Å². The van der Waals surface area contributed by atoms with Crippen molar-refractivity contribution in [2.24, 2.45) is 0 Å². The van der Waals surface area contributed by atoms with Crippen molar-refractivity contribution in [1.82, 2.24) is 0 Å². The summed E-state index contributed by atoms with van der Waals surface area (Å²) in [5.74, 6) is 2.25. The zero-order valence-corrected chi connectivity index (χ0v) is 9.27. The van der Waals surface area contributed by atoms with Crippen LogP contribution in [0.15, 0.2) is 30.3 Å². The predicted molar refractivity (Wildman–Crippen MR) is 64.6 cm³/mol. The van der Waals surface area contributed by atoms with E-state index in [1.807, 2.05) is 24.3 Å². The van der Waals surface area contributed by atoms with Gasteiger partial charge in [0.25, 0.3) is 0 Å². The van der Waals surface area contributed by atoms with Crippen LogP contribution < -0.4 is 0 Å². The van der Waals surface area contributed by atoms with Gasteiger partial charge in [-0.05, 0) is 24.1 Å². The highest BCUT2D eigenvalue weighted by atomic mass is 16.5. The van der Waals surface area contributed by atoms with Crippen LogP contribution in [0.2, 0.25) is 0 Å². The standard InChI is InChI=1S/C14H14O2/c1-3-7-12-8-5-6-9-13(12)10-11-14(15)16-4-2/h1,5-6,8-11H,4,7H2,2H3/b11-10+. The van der Waals surface area contributed by atoms with E-state index < -0.39 is 0 Å². The lowest BCUT2D eigenvalue weighted by Crippen LogP contribution is -1.98. The Balaban J connectivity index is 2.80.